The molecule has 8 heteroatoms. The van der Waals surface area contributed by atoms with Crippen molar-refractivity contribution in [2.24, 2.45) is 0 Å². The standard InChI is InChI=1S/C28H28N2O6/c1-28(2,3)36-26(33)23-13-12-17(15-29-23)14-24(25(31)32)30-27(34)35-16-22-20-10-6-4-8-18(20)19-9-5-7-11-21(19)22/h4-13,15,22,24H,14,16H2,1-3H3,(H,30,34)(H,31,32). The van der Waals surface area contributed by atoms with Crippen LogP contribution in [0.5, 0.6) is 0 Å². The van der Waals surface area contributed by atoms with Crippen molar-refractivity contribution < 1.29 is 29.0 Å². The second kappa shape index (κ2) is 10.2. The fourth-order valence-corrected chi connectivity index (χ4v) is 4.21. The fourth-order valence-electron chi connectivity index (χ4n) is 4.21. The predicted molar refractivity (Wildman–Crippen MR) is 133 cm³/mol. The van der Waals surface area contributed by atoms with E-state index in [2.05, 4.69) is 10.3 Å². The Morgan fingerprint density at radius 3 is 2.11 bits per heavy atom. The largest absolute Gasteiger partial charge is 0.480 e. The summed E-state index contributed by atoms with van der Waals surface area (Å²) in [7, 11) is 0. The molecule has 0 radical (unpaired) electrons. The van der Waals surface area contributed by atoms with Crippen LogP contribution in [0.25, 0.3) is 11.1 Å². The lowest BCUT2D eigenvalue weighted by molar-refractivity contribution is -0.139. The third-order valence-electron chi connectivity index (χ3n) is 5.81. The molecule has 8 nitrogen and oxygen atoms in total. The van der Waals surface area contributed by atoms with Crippen molar-refractivity contribution in [2.75, 3.05) is 6.61 Å². The van der Waals surface area contributed by atoms with Crippen LogP contribution >= 0.6 is 0 Å². The Morgan fingerprint density at radius 2 is 1.58 bits per heavy atom. The van der Waals surface area contributed by atoms with Gasteiger partial charge in [-0.15, -0.1) is 0 Å². The van der Waals surface area contributed by atoms with Crippen LogP contribution in [0, 0.1) is 0 Å². The number of hydrogen-bond donors (Lipinski definition) is 2. The number of hydrogen-bond acceptors (Lipinski definition) is 6. The maximum absolute atomic E-state index is 12.5. The van der Waals surface area contributed by atoms with E-state index in [1.165, 1.54) is 12.3 Å². The number of nitrogens with zero attached hydrogens (tertiary/aromatic N) is 1. The van der Waals surface area contributed by atoms with Crippen LogP contribution in [-0.4, -0.2) is 46.4 Å². The van der Waals surface area contributed by atoms with E-state index in [1.54, 1.807) is 26.8 Å². The molecule has 1 amide bonds. The van der Waals surface area contributed by atoms with Crippen LogP contribution in [0.1, 0.15) is 53.9 Å². The van der Waals surface area contributed by atoms with Gasteiger partial charge in [-0.25, -0.2) is 19.4 Å². The highest BCUT2D eigenvalue weighted by atomic mass is 16.6. The molecule has 1 unspecified atom stereocenters. The molecule has 186 valence electrons. The normalized spacial score (nSPS) is 13.3. The molecule has 1 aromatic heterocycles. The highest BCUT2D eigenvalue weighted by Gasteiger charge is 2.30. The first kappa shape index (κ1) is 24.9. The molecule has 2 aromatic carbocycles. The molecule has 2 N–H and O–H groups in total. The minimum absolute atomic E-state index is 0.0267. The lowest BCUT2D eigenvalue weighted by Crippen LogP contribution is -2.43. The molecule has 4 rings (SSSR count). The molecule has 1 atom stereocenters. The Kier molecular flexibility index (Phi) is 7.05. The maximum Gasteiger partial charge on any atom is 0.407 e. The summed E-state index contributed by atoms with van der Waals surface area (Å²) < 4.78 is 10.7. The molecule has 1 aliphatic carbocycles. The van der Waals surface area contributed by atoms with Gasteiger partial charge in [0.05, 0.1) is 0 Å². The number of carboxylic acid groups (broad SMARTS) is 1. The quantitative estimate of drug-likeness (QED) is 0.468. The molecular formula is C28H28N2O6. The molecule has 36 heavy (non-hydrogen) atoms. The highest BCUT2D eigenvalue weighted by Crippen LogP contribution is 2.44. The summed E-state index contributed by atoms with van der Waals surface area (Å²) in [6.45, 7) is 5.35. The number of benzene rings is 2. The molecule has 0 saturated carbocycles. The maximum atomic E-state index is 12.5. The number of amides is 1. The number of esters is 1. The number of alkyl carbamates (subject to hydrolysis) is 1. The van der Waals surface area contributed by atoms with Gasteiger partial charge in [0.25, 0.3) is 0 Å². The molecule has 0 bridgehead atoms. The van der Waals surface area contributed by atoms with Gasteiger partial charge >= 0.3 is 18.0 Å². The molecule has 1 aliphatic rings. The van der Waals surface area contributed by atoms with Crippen LogP contribution in [0.2, 0.25) is 0 Å². The van der Waals surface area contributed by atoms with Crippen molar-refractivity contribution in [1.82, 2.24) is 10.3 Å². The van der Waals surface area contributed by atoms with Crippen LogP contribution in [0.3, 0.4) is 0 Å². The lowest BCUT2D eigenvalue weighted by atomic mass is 9.98. The smallest absolute Gasteiger partial charge is 0.407 e. The average molecular weight is 489 g/mol. The van der Waals surface area contributed by atoms with Crippen LogP contribution in [-0.2, 0) is 20.7 Å². The fraction of sp³-hybridized carbons (Fsp3) is 0.286. The SMILES string of the molecule is CC(C)(C)OC(=O)c1ccc(CC(NC(=O)OCC2c3ccccc3-c3ccccc32)C(=O)O)cn1. The van der Waals surface area contributed by atoms with Gasteiger partial charge in [0.2, 0.25) is 0 Å². The van der Waals surface area contributed by atoms with Crippen molar-refractivity contribution in [3.63, 3.8) is 0 Å². The first-order chi connectivity index (χ1) is 17.1. The van der Waals surface area contributed by atoms with Gasteiger partial charge < -0.3 is 19.9 Å². The zero-order valence-corrected chi connectivity index (χ0v) is 20.4. The zero-order valence-electron chi connectivity index (χ0n) is 20.4. The highest BCUT2D eigenvalue weighted by molar-refractivity contribution is 5.87. The van der Waals surface area contributed by atoms with Crippen LogP contribution in [0.4, 0.5) is 4.79 Å². The van der Waals surface area contributed by atoms with E-state index in [1.807, 2.05) is 48.5 Å². The lowest BCUT2D eigenvalue weighted by Gasteiger charge is -2.19. The zero-order chi connectivity index (χ0) is 25.9. The molecule has 1 heterocycles. The third-order valence-corrected chi connectivity index (χ3v) is 5.81. The van der Waals surface area contributed by atoms with E-state index in [4.69, 9.17) is 9.47 Å². The topological polar surface area (TPSA) is 115 Å². The minimum atomic E-state index is -1.23. The van der Waals surface area contributed by atoms with E-state index < -0.39 is 29.7 Å². The number of carbonyl (C=O) groups is 3. The second-order valence-corrected chi connectivity index (χ2v) is 9.62. The Labute approximate surface area is 209 Å². The molecule has 3 aromatic rings. The molecule has 0 fully saturated rings. The number of rotatable bonds is 7. The van der Waals surface area contributed by atoms with Crippen molar-refractivity contribution in [1.29, 1.82) is 0 Å². The minimum Gasteiger partial charge on any atom is -0.480 e. The number of carbonyl (C=O) groups excluding carboxylic acids is 2. The van der Waals surface area contributed by atoms with Gasteiger partial charge in [-0.05, 0) is 54.7 Å². The third kappa shape index (κ3) is 5.71. The summed E-state index contributed by atoms with van der Waals surface area (Å²) in [6.07, 6.45) is 0.554. The second-order valence-electron chi connectivity index (χ2n) is 9.62. The summed E-state index contributed by atoms with van der Waals surface area (Å²) in [5, 5.41) is 12.1. The van der Waals surface area contributed by atoms with Gasteiger partial charge in [0, 0.05) is 18.5 Å². The molecule has 0 spiro atoms. The first-order valence-electron chi connectivity index (χ1n) is 11.6. The summed E-state index contributed by atoms with van der Waals surface area (Å²) in [6, 6.07) is 17.8. The van der Waals surface area contributed by atoms with E-state index in [0.29, 0.717) is 5.56 Å². The number of fused-ring (bicyclic) bond motifs is 3. The molecule has 0 saturated heterocycles. The van der Waals surface area contributed by atoms with Crippen LogP contribution < -0.4 is 5.32 Å². The number of aliphatic carboxylic acids is 1. The van der Waals surface area contributed by atoms with E-state index in [0.717, 1.165) is 22.3 Å². The monoisotopic (exact) mass is 488 g/mol. The Hall–Kier alpha value is -4.20. The summed E-state index contributed by atoms with van der Waals surface area (Å²) in [4.78, 5) is 40.5. The van der Waals surface area contributed by atoms with E-state index in [9.17, 15) is 19.5 Å². The number of nitrogens with one attached hydrogen (secondary N) is 1. The Balaban J connectivity index is 1.37. The molecular weight excluding hydrogens is 460 g/mol. The van der Waals surface area contributed by atoms with Crippen molar-refractivity contribution in [2.45, 2.75) is 44.8 Å². The summed E-state index contributed by atoms with van der Waals surface area (Å²) >= 11 is 0. The number of carboxylic acids is 1. The summed E-state index contributed by atoms with van der Waals surface area (Å²) in [5.41, 5.74) is 4.34. The Morgan fingerprint density at radius 1 is 0.972 bits per heavy atom. The average Bonchev–Trinajstić information content (AvgIpc) is 3.15. The summed E-state index contributed by atoms with van der Waals surface area (Å²) in [5.74, 6) is -1.91. The molecule has 0 aliphatic heterocycles. The Bertz CT molecular complexity index is 1230. The first-order valence-corrected chi connectivity index (χ1v) is 11.6. The van der Waals surface area contributed by atoms with Gasteiger partial charge in [-0.1, -0.05) is 54.6 Å². The van der Waals surface area contributed by atoms with Gasteiger partial charge in [0.1, 0.15) is 23.9 Å². The van der Waals surface area contributed by atoms with Gasteiger partial charge in [-0.2, -0.15) is 0 Å². The van der Waals surface area contributed by atoms with Crippen molar-refractivity contribution >= 4 is 18.0 Å². The van der Waals surface area contributed by atoms with Crippen molar-refractivity contribution in [3.8, 4) is 11.1 Å². The van der Waals surface area contributed by atoms with E-state index >= 15 is 0 Å². The number of ether oxygens (including phenoxy) is 2. The van der Waals surface area contributed by atoms with Gasteiger partial charge in [-0.3, -0.25) is 0 Å². The van der Waals surface area contributed by atoms with E-state index in [-0.39, 0.29) is 24.6 Å². The van der Waals surface area contributed by atoms with Gasteiger partial charge in [0.15, 0.2) is 0 Å². The predicted octanol–water partition coefficient (Wildman–Crippen LogP) is 4.57. The number of aromatic nitrogens is 1. The number of pyridine rings is 1. The van der Waals surface area contributed by atoms with Crippen LogP contribution in [0.15, 0.2) is 66.9 Å². The van der Waals surface area contributed by atoms with Crippen molar-refractivity contribution in [3.05, 3.63) is 89.2 Å².